The lowest BCUT2D eigenvalue weighted by molar-refractivity contribution is -0.137. The summed E-state index contributed by atoms with van der Waals surface area (Å²) >= 11 is 1.06. The fourth-order valence-corrected chi connectivity index (χ4v) is 3.29. The number of rotatable bonds is 6. The molecule has 156 valence electrons. The first kappa shape index (κ1) is 21.4. The van der Waals surface area contributed by atoms with Gasteiger partial charge in [-0.2, -0.15) is 13.2 Å². The summed E-state index contributed by atoms with van der Waals surface area (Å²) in [7, 11) is 0. The molecular weight excluding hydrogens is 417 g/mol. The standard InChI is InChI=1S/C20H17F3N4O2S/c1-12-5-2-3-8-15(12)25-18(29)19-27-26-17(30-19)10-9-16(28)24-14-7-4-6-13(11-14)20(21,22)23/h2-8,11H,9-10H2,1H3,(H,24,28)(H,25,29). The average molecular weight is 434 g/mol. The van der Waals surface area contributed by atoms with Crippen LogP contribution in [0.4, 0.5) is 24.5 Å². The van der Waals surface area contributed by atoms with Crippen molar-refractivity contribution in [1.82, 2.24) is 10.2 Å². The summed E-state index contributed by atoms with van der Waals surface area (Å²) in [6.07, 6.45) is -4.28. The first-order chi connectivity index (χ1) is 14.2. The van der Waals surface area contributed by atoms with Crippen molar-refractivity contribution in [3.05, 3.63) is 69.7 Å². The van der Waals surface area contributed by atoms with Gasteiger partial charge in [0.25, 0.3) is 5.91 Å². The summed E-state index contributed by atoms with van der Waals surface area (Å²) in [6.45, 7) is 1.87. The van der Waals surface area contributed by atoms with Gasteiger partial charge in [-0.25, -0.2) is 0 Å². The normalized spacial score (nSPS) is 11.2. The Hall–Kier alpha value is -3.27. The number of hydrogen-bond donors (Lipinski definition) is 2. The van der Waals surface area contributed by atoms with Crippen molar-refractivity contribution >= 4 is 34.5 Å². The highest BCUT2D eigenvalue weighted by molar-refractivity contribution is 7.13. The first-order valence-electron chi connectivity index (χ1n) is 8.89. The summed E-state index contributed by atoms with van der Waals surface area (Å²) < 4.78 is 38.2. The molecule has 30 heavy (non-hydrogen) atoms. The number of halogens is 3. The van der Waals surface area contributed by atoms with Crippen molar-refractivity contribution in [3.63, 3.8) is 0 Å². The van der Waals surface area contributed by atoms with Crippen molar-refractivity contribution in [2.24, 2.45) is 0 Å². The van der Waals surface area contributed by atoms with Gasteiger partial charge in [-0.05, 0) is 36.8 Å². The molecule has 10 heteroatoms. The van der Waals surface area contributed by atoms with Crippen LogP contribution < -0.4 is 10.6 Å². The van der Waals surface area contributed by atoms with Gasteiger partial charge >= 0.3 is 6.18 Å². The van der Waals surface area contributed by atoms with Crippen molar-refractivity contribution in [3.8, 4) is 0 Å². The number of benzene rings is 2. The molecule has 0 spiro atoms. The molecule has 0 fully saturated rings. The lowest BCUT2D eigenvalue weighted by Crippen LogP contribution is -2.13. The third-order valence-electron chi connectivity index (χ3n) is 4.09. The van der Waals surface area contributed by atoms with E-state index in [9.17, 15) is 22.8 Å². The van der Waals surface area contributed by atoms with Gasteiger partial charge in [0.2, 0.25) is 10.9 Å². The zero-order valence-corrected chi connectivity index (χ0v) is 16.6. The smallest absolute Gasteiger partial charge is 0.326 e. The number of hydrogen-bond acceptors (Lipinski definition) is 5. The van der Waals surface area contributed by atoms with Crippen LogP contribution in [0.25, 0.3) is 0 Å². The second-order valence-corrected chi connectivity index (χ2v) is 7.46. The monoisotopic (exact) mass is 434 g/mol. The molecule has 0 saturated heterocycles. The number of nitrogens with zero attached hydrogens (tertiary/aromatic N) is 2. The van der Waals surface area contributed by atoms with Gasteiger partial charge in [-0.1, -0.05) is 35.6 Å². The third-order valence-corrected chi connectivity index (χ3v) is 5.08. The second-order valence-electron chi connectivity index (χ2n) is 6.40. The zero-order chi connectivity index (χ0) is 21.7. The quantitative estimate of drug-likeness (QED) is 0.590. The van der Waals surface area contributed by atoms with Crippen molar-refractivity contribution in [1.29, 1.82) is 0 Å². The number of alkyl halides is 3. The van der Waals surface area contributed by atoms with Crippen molar-refractivity contribution in [2.45, 2.75) is 25.9 Å². The SMILES string of the molecule is Cc1ccccc1NC(=O)c1nnc(CCC(=O)Nc2cccc(C(F)(F)F)c2)s1. The van der Waals surface area contributed by atoms with E-state index in [1.807, 2.05) is 19.1 Å². The minimum atomic E-state index is -4.48. The number of nitrogens with one attached hydrogen (secondary N) is 2. The van der Waals surface area contributed by atoms with Gasteiger partial charge < -0.3 is 10.6 Å². The summed E-state index contributed by atoms with van der Waals surface area (Å²) in [5.41, 5.74) is 0.792. The molecule has 3 aromatic rings. The highest BCUT2D eigenvalue weighted by Gasteiger charge is 2.30. The summed E-state index contributed by atoms with van der Waals surface area (Å²) in [4.78, 5) is 24.3. The van der Waals surface area contributed by atoms with E-state index in [0.717, 1.165) is 29.0 Å². The Kier molecular flexibility index (Phi) is 6.46. The molecule has 1 aromatic heterocycles. The average Bonchev–Trinajstić information content (AvgIpc) is 3.17. The van der Waals surface area contributed by atoms with E-state index in [0.29, 0.717) is 10.7 Å². The first-order valence-corrected chi connectivity index (χ1v) is 9.70. The van der Waals surface area contributed by atoms with E-state index in [4.69, 9.17) is 0 Å². The van der Waals surface area contributed by atoms with Crippen LogP contribution in [-0.2, 0) is 17.4 Å². The van der Waals surface area contributed by atoms with Gasteiger partial charge in [0.05, 0.1) is 5.56 Å². The molecule has 2 amide bonds. The molecule has 2 N–H and O–H groups in total. The van der Waals surface area contributed by atoms with E-state index in [2.05, 4.69) is 20.8 Å². The second kappa shape index (κ2) is 9.04. The topological polar surface area (TPSA) is 84.0 Å². The molecule has 0 radical (unpaired) electrons. The fraction of sp³-hybridized carbons (Fsp3) is 0.200. The number of aromatic nitrogens is 2. The van der Waals surface area contributed by atoms with Crippen LogP contribution in [0.15, 0.2) is 48.5 Å². The van der Waals surface area contributed by atoms with Crippen LogP contribution in [0.2, 0.25) is 0 Å². The van der Waals surface area contributed by atoms with Gasteiger partial charge in [0, 0.05) is 24.2 Å². The van der Waals surface area contributed by atoms with Gasteiger partial charge in [0.1, 0.15) is 5.01 Å². The highest BCUT2D eigenvalue weighted by atomic mass is 32.1. The summed E-state index contributed by atoms with van der Waals surface area (Å²) in [6, 6.07) is 11.7. The molecule has 0 unspecified atom stereocenters. The number of carbonyl (C=O) groups is 2. The van der Waals surface area contributed by atoms with E-state index in [-0.39, 0.29) is 23.5 Å². The molecule has 0 aliphatic rings. The molecule has 0 bridgehead atoms. The van der Waals surface area contributed by atoms with E-state index < -0.39 is 23.6 Å². The minimum Gasteiger partial charge on any atom is -0.326 e. The maximum absolute atomic E-state index is 12.7. The number of amides is 2. The predicted molar refractivity (Wildman–Crippen MR) is 107 cm³/mol. The van der Waals surface area contributed by atoms with E-state index in [1.54, 1.807) is 12.1 Å². The van der Waals surface area contributed by atoms with Crippen molar-refractivity contribution in [2.75, 3.05) is 10.6 Å². The fourth-order valence-electron chi connectivity index (χ4n) is 2.55. The number of para-hydroxylation sites is 1. The Labute approximate surface area is 174 Å². The Bertz CT molecular complexity index is 1070. The molecule has 0 aliphatic heterocycles. The van der Waals surface area contributed by atoms with Gasteiger partial charge in [-0.3, -0.25) is 9.59 Å². The largest absolute Gasteiger partial charge is 0.416 e. The van der Waals surface area contributed by atoms with Crippen molar-refractivity contribution < 1.29 is 22.8 Å². The molecule has 0 atom stereocenters. The molecule has 1 heterocycles. The van der Waals surface area contributed by atoms with Crippen LogP contribution in [0.3, 0.4) is 0 Å². The predicted octanol–water partition coefficient (Wildman–Crippen LogP) is 4.69. The molecule has 6 nitrogen and oxygen atoms in total. The number of anilines is 2. The van der Waals surface area contributed by atoms with Gasteiger partial charge in [-0.15, -0.1) is 10.2 Å². The van der Waals surface area contributed by atoms with Crippen LogP contribution >= 0.6 is 11.3 Å². The Morgan fingerprint density at radius 1 is 1.03 bits per heavy atom. The third kappa shape index (κ3) is 5.63. The van der Waals surface area contributed by atoms with Crippen LogP contribution in [0.1, 0.15) is 32.4 Å². The minimum absolute atomic E-state index is 0.00963. The van der Waals surface area contributed by atoms with Crippen LogP contribution in [0.5, 0.6) is 0 Å². The molecule has 3 rings (SSSR count). The summed E-state index contributed by atoms with van der Waals surface area (Å²) in [5.74, 6) is -0.864. The summed E-state index contributed by atoms with van der Waals surface area (Å²) in [5, 5.41) is 13.6. The van der Waals surface area contributed by atoms with E-state index >= 15 is 0 Å². The van der Waals surface area contributed by atoms with Gasteiger partial charge in [0.15, 0.2) is 0 Å². The van der Waals surface area contributed by atoms with Crippen LogP contribution in [-0.4, -0.2) is 22.0 Å². The molecule has 2 aromatic carbocycles. The molecule has 0 saturated carbocycles. The zero-order valence-electron chi connectivity index (χ0n) is 15.8. The molecular formula is C20H17F3N4O2S. The van der Waals surface area contributed by atoms with Crippen LogP contribution in [0, 0.1) is 6.92 Å². The molecule has 0 aliphatic carbocycles. The Morgan fingerprint density at radius 2 is 1.80 bits per heavy atom. The lowest BCUT2D eigenvalue weighted by Gasteiger charge is -2.09. The Morgan fingerprint density at radius 3 is 2.53 bits per heavy atom. The maximum atomic E-state index is 12.7. The number of aryl methyl sites for hydroxylation is 2. The maximum Gasteiger partial charge on any atom is 0.416 e. The highest BCUT2D eigenvalue weighted by Crippen LogP contribution is 2.30. The van der Waals surface area contributed by atoms with E-state index in [1.165, 1.54) is 12.1 Å². The lowest BCUT2D eigenvalue weighted by atomic mass is 10.2. The number of carbonyl (C=O) groups excluding carboxylic acids is 2. The Balaban J connectivity index is 1.54.